The maximum atomic E-state index is 12.8. The zero-order valence-electron chi connectivity index (χ0n) is 17.6. The summed E-state index contributed by atoms with van der Waals surface area (Å²) in [6.07, 6.45) is -2.50. The van der Waals surface area contributed by atoms with Gasteiger partial charge in [0.05, 0.1) is 17.7 Å². The lowest BCUT2D eigenvalue weighted by atomic mass is 10.2. The van der Waals surface area contributed by atoms with Gasteiger partial charge in [-0.3, -0.25) is 0 Å². The molecule has 2 aromatic heterocycles. The third-order valence-electron chi connectivity index (χ3n) is 5.28. The SMILES string of the molecule is COc1ccc(N2CCN(c3ncnc(Nc4ncc(C(F)(F)F)cc4Cl)c3N)CC2)cc1. The molecule has 174 valence electrons. The maximum absolute atomic E-state index is 12.8. The summed E-state index contributed by atoms with van der Waals surface area (Å²) in [6, 6.07) is 8.66. The number of hydrogen-bond donors (Lipinski definition) is 2. The third-order valence-corrected chi connectivity index (χ3v) is 5.57. The predicted molar refractivity (Wildman–Crippen MR) is 121 cm³/mol. The molecule has 1 aliphatic rings. The summed E-state index contributed by atoms with van der Waals surface area (Å²) in [5, 5.41) is 2.61. The van der Waals surface area contributed by atoms with Crippen molar-refractivity contribution in [2.45, 2.75) is 6.18 Å². The van der Waals surface area contributed by atoms with E-state index in [-0.39, 0.29) is 22.3 Å². The minimum absolute atomic E-state index is 0.0188. The summed E-state index contributed by atoms with van der Waals surface area (Å²) in [5.74, 6) is 1.57. The van der Waals surface area contributed by atoms with Crippen LogP contribution in [0.3, 0.4) is 0 Å². The van der Waals surface area contributed by atoms with Crippen molar-refractivity contribution in [2.75, 3.05) is 54.1 Å². The molecule has 3 N–H and O–H groups in total. The topological polar surface area (TPSA) is 92.4 Å². The van der Waals surface area contributed by atoms with E-state index in [1.807, 2.05) is 29.2 Å². The molecular weight excluding hydrogens is 459 g/mol. The Morgan fingerprint density at radius 3 is 2.27 bits per heavy atom. The zero-order chi connectivity index (χ0) is 23.6. The number of ether oxygens (including phenoxy) is 1. The molecular formula is C21H21ClF3N7O. The molecule has 0 spiro atoms. The molecule has 0 radical (unpaired) electrons. The Labute approximate surface area is 193 Å². The Morgan fingerprint density at radius 1 is 1.00 bits per heavy atom. The molecule has 12 heteroatoms. The number of methoxy groups -OCH3 is 1. The Bertz CT molecular complexity index is 1120. The van der Waals surface area contributed by atoms with Gasteiger partial charge in [0.2, 0.25) is 0 Å². The Hall–Kier alpha value is -3.47. The van der Waals surface area contributed by atoms with Gasteiger partial charge in [0, 0.05) is 38.1 Å². The van der Waals surface area contributed by atoms with E-state index < -0.39 is 11.7 Å². The molecule has 1 saturated heterocycles. The van der Waals surface area contributed by atoms with Crippen molar-refractivity contribution in [3.05, 3.63) is 53.4 Å². The van der Waals surface area contributed by atoms with E-state index >= 15 is 0 Å². The third kappa shape index (κ3) is 4.98. The van der Waals surface area contributed by atoms with Gasteiger partial charge in [0.1, 0.15) is 23.6 Å². The van der Waals surface area contributed by atoms with Crippen molar-refractivity contribution in [3.63, 3.8) is 0 Å². The fourth-order valence-electron chi connectivity index (χ4n) is 3.50. The van der Waals surface area contributed by atoms with Crippen LogP contribution in [0.2, 0.25) is 5.02 Å². The number of rotatable bonds is 5. The van der Waals surface area contributed by atoms with Crippen LogP contribution >= 0.6 is 11.6 Å². The molecule has 8 nitrogen and oxygen atoms in total. The second-order valence-electron chi connectivity index (χ2n) is 7.31. The van der Waals surface area contributed by atoms with Crippen molar-refractivity contribution in [3.8, 4) is 5.75 Å². The van der Waals surface area contributed by atoms with E-state index in [1.165, 1.54) is 6.33 Å². The summed E-state index contributed by atoms with van der Waals surface area (Å²) in [4.78, 5) is 16.5. The van der Waals surface area contributed by atoms with Crippen LogP contribution in [0.15, 0.2) is 42.9 Å². The first-order valence-corrected chi connectivity index (χ1v) is 10.4. The molecule has 0 unspecified atom stereocenters. The molecule has 0 atom stereocenters. The number of nitrogen functional groups attached to an aromatic ring is 1. The highest BCUT2D eigenvalue weighted by molar-refractivity contribution is 6.33. The van der Waals surface area contributed by atoms with Gasteiger partial charge in [-0.15, -0.1) is 0 Å². The predicted octanol–water partition coefficient (Wildman–Crippen LogP) is 4.20. The molecule has 0 amide bonds. The molecule has 4 rings (SSSR count). The Kier molecular flexibility index (Phi) is 6.32. The number of alkyl halides is 3. The van der Waals surface area contributed by atoms with Crippen molar-refractivity contribution in [1.29, 1.82) is 0 Å². The smallest absolute Gasteiger partial charge is 0.417 e. The van der Waals surface area contributed by atoms with E-state index in [0.717, 1.165) is 30.6 Å². The Balaban J connectivity index is 1.46. The van der Waals surface area contributed by atoms with E-state index in [2.05, 4.69) is 25.2 Å². The molecule has 0 saturated carbocycles. The van der Waals surface area contributed by atoms with E-state index in [4.69, 9.17) is 22.1 Å². The van der Waals surface area contributed by atoms with Crippen LogP contribution in [0, 0.1) is 0 Å². The van der Waals surface area contributed by atoms with Crippen LogP contribution in [0.25, 0.3) is 0 Å². The summed E-state index contributed by atoms with van der Waals surface area (Å²) in [6.45, 7) is 2.85. The van der Waals surface area contributed by atoms with Gasteiger partial charge in [-0.1, -0.05) is 11.6 Å². The number of benzene rings is 1. The molecule has 1 fully saturated rings. The second-order valence-corrected chi connectivity index (χ2v) is 7.72. The first-order chi connectivity index (χ1) is 15.8. The minimum Gasteiger partial charge on any atom is -0.497 e. The molecule has 1 aliphatic heterocycles. The van der Waals surface area contributed by atoms with Gasteiger partial charge in [-0.2, -0.15) is 13.2 Å². The van der Waals surface area contributed by atoms with E-state index in [0.29, 0.717) is 25.1 Å². The standard InChI is InChI=1S/C21H21ClF3N7O/c1-33-15-4-2-14(3-5-15)31-6-8-32(9-7-31)20-17(26)19(28-12-29-20)30-18-16(22)10-13(11-27-18)21(23,24)25/h2-5,10-12H,6-9,26H2,1H3,(H,27,28,29,30). The fraction of sp³-hybridized carbons (Fsp3) is 0.286. The normalized spacial score (nSPS) is 14.3. The van der Waals surface area contributed by atoms with Crippen LogP contribution in [-0.4, -0.2) is 48.2 Å². The average Bonchev–Trinajstić information content (AvgIpc) is 2.81. The molecule has 3 heterocycles. The first-order valence-electron chi connectivity index (χ1n) is 10.0. The molecule has 0 bridgehead atoms. The van der Waals surface area contributed by atoms with Crippen molar-refractivity contribution >= 4 is 40.4 Å². The molecule has 33 heavy (non-hydrogen) atoms. The number of aromatic nitrogens is 3. The van der Waals surface area contributed by atoms with Crippen molar-refractivity contribution in [2.24, 2.45) is 0 Å². The van der Waals surface area contributed by atoms with Crippen molar-refractivity contribution < 1.29 is 17.9 Å². The van der Waals surface area contributed by atoms with Crippen LogP contribution in [0.4, 0.5) is 42.0 Å². The average molecular weight is 480 g/mol. The van der Waals surface area contributed by atoms with Crippen LogP contribution in [0.5, 0.6) is 5.75 Å². The Morgan fingerprint density at radius 2 is 1.67 bits per heavy atom. The molecule has 3 aromatic rings. The zero-order valence-corrected chi connectivity index (χ0v) is 18.4. The first kappa shape index (κ1) is 22.7. The lowest BCUT2D eigenvalue weighted by molar-refractivity contribution is -0.137. The minimum atomic E-state index is -4.54. The summed E-state index contributed by atoms with van der Waals surface area (Å²) < 4.78 is 43.7. The quantitative estimate of drug-likeness (QED) is 0.562. The van der Waals surface area contributed by atoms with E-state index in [9.17, 15) is 13.2 Å². The van der Waals surface area contributed by atoms with Crippen molar-refractivity contribution in [1.82, 2.24) is 15.0 Å². The van der Waals surface area contributed by atoms with Crippen LogP contribution in [0.1, 0.15) is 5.56 Å². The lowest BCUT2D eigenvalue weighted by Gasteiger charge is -2.37. The summed E-state index contributed by atoms with van der Waals surface area (Å²) >= 11 is 5.99. The van der Waals surface area contributed by atoms with Crippen LogP contribution in [-0.2, 0) is 6.18 Å². The van der Waals surface area contributed by atoms with Gasteiger partial charge in [0.15, 0.2) is 11.6 Å². The second kappa shape index (κ2) is 9.18. The highest BCUT2D eigenvalue weighted by atomic mass is 35.5. The summed E-state index contributed by atoms with van der Waals surface area (Å²) in [5.41, 5.74) is 6.69. The highest BCUT2D eigenvalue weighted by Gasteiger charge is 2.31. The number of nitrogens with two attached hydrogens (primary N) is 1. The van der Waals surface area contributed by atoms with Gasteiger partial charge < -0.3 is 25.6 Å². The number of pyridine rings is 1. The van der Waals surface area contributed by atoms with E-state index in [1.54, 1.807) is 7.11 Å². The monoisotopic (exact) mass is 479 g/mol. The number of nitrogens with zero attached hydrogens (tertiary/aromatic N) is 5. The maximum Gasteiger partial charge on any atom is 0.417 e. The number of anilines is 5. The number of hydrogen-bond acceptors (Lipinski definition) is 8. The summed E-state index contributed by atoms with van der Waals surface area (Å²) in [7, 11) is 1.63. The molecule has 1 aromatic carbocycles. The van der Waals surface area contributed by atoms with Gasteiger partial charge in [-0.05, 0) is 30.3 Å². The highest BCUT2D eigenvalue weighted by Crippen LogP contribution is 2.35. The largest absolute Gasteiger partial charge is 0.497 e. The molecule has 0 aliphatic carbocycles. The lowest BCUT2D eigenvalue weighted by Crippen LogP contribution is -2.47. The number of halogens is 4. The van der Waals surface area contributed by atoms with Gasteiger partial charge >= 0.3 is 6.18 Å². The number of nitrogens with one attached hydrogen (secondary N) is 1. The van der Waals surface area contributed by atoms with Crippen LogP contribution < -0.4 is 25.6 Å². The number of piperazine rings is 1. The fourth-order valence-corrected chi connectivity index (χ4v) is 3.72. The van der Waals surface area contributed by atoms with Gasteiger partial charge in [-0.25, -0.2) is 15.0 Å². The van der Waals surface area contributed by atoms with Gasteiger partial charge in [0.25, 0.3) is 0 Å².